The van der Waals surface area contributed by atoms with Gasteiger partial charge in [0, 0.05) is 17.2 Å². The summed E-state index contributed by atoms with van der Waals surface area (Å²) in [6.07, 6.45) is 0.815. The topological polar surface area (TPSA) is 67.2 Å². The number of carbonyl (C=O) groups excluding carboxylic acids is 2. The second kappa shape index (κ2) is 11.5. The minimum absolute atomic E-state index is 0.0232. The van der Waals surface area contributed by atoms with E-state index in [9.17, 15) is 9.59 Å². The Bertz CT molecular complexity index is 1480. The van der Waals surface area contributed by atoms with Crippen LogP contribution < -0.4 is 10.2 Å². The molecule has 0 bridgehead atoms. The molecule has 0 radical (unpaired) electrons. The van der Waals surface area contributed by atoms with Crippen molar-refractivity contribution in [1.82, 2.24) is 15.1 Å². The average molecular weight is 539 g/mol. The third kappa shape index (κ3) is 5.50. The van der Waals surface area contributed by atoms with Gasteiger partial charge in [-0.15, -0.1) is 11.8 Å². The Hall–Kier alpha value is -3.84. The minimum Gasteiger partial charge on any atom is -0.352 e. The molecular formula is C32H34N4O2S. The molecule has 6 nitrogen and oxygen atoms in total. The van der Waals surface area contributed by atoms with Crippen molar-refractivity contribution in [2.45, 2.75) is 45.4 Å². The lowest BCUT2D eigenvalue weighted by Crippen LogP contribution is -2.44. The van der Waals surface area contributed by atoms with Crippen LogP contribution in [-0.4, -0.2) is 39.9 Å². The van der Waals surface area contributed by atoms with Crippen LogP contribution in [0.5, 0.6) is 0 Å². The Morgan fingerprint density at radius 2 is 1.72 bits per heavy atom. The zero-order valence-electron chi connectivity index (χ0n) is 22.8. The van der Waals surface area contributed by atoms with Crippen LogP contribution in [0.25, 0.3) is 16.9 Å². The van der Waals surface area contributed by atoms with Gasteiger partial charge in [0.05, 0.1) is 22.4 Å². The zero-order valence-corrected chi connectivity index (χ0v) is 23.7. The molecular weight excluding hydrogens is 504 g/mol. The van der Waals surface area contributed by atoms with Gasteiger partial charge in [0.25, 0.3) is 0 Å². The molecule has 2 amide bonds. The summed E-state index contributed by atoms with van der Waals surface area (Å²) >= 11 is 1.59. The van der Waals surface area contributed by atoms with Gasteiger partial charge in [-0.2, -0.15) is 5.10 Å². The SMILES string of the molecule is CC[C@@H](C)NC(=O)CN1C(=O)CS[C@H](c2ccccc2C)c2c(-c3ccccc3)nn(-c3ccc(C)cc3)c21. The number of aromatic nitrogens is 2. The van der Waals surface area contributed by atoms with Crippen molar-refractivity contribution in [3.63, 3.8) is 0 Å². The van der Waals surface area contributed by atoms with Crippen molar-refractivity contribution in [3.8, 4) is 16.9 Å². The third-order valence-electron chi connectivity index (χ3n) is 7.21. The zero-order chi connectivity index (χ0) is 27.5. The van der Waals surface area contributed by atoms with E-state index in [0.717, 1.165) is 45.6 Å². The summed E-state index contributed by atoms with van der Waals surface area (Å²) in [6.45, 7) is 8.09. The van der Waals surface area contributed by atoms with E-state index in [1.54, 1.807) is 16.7 Å². The average Bonchev–Trinajstić information content (AvgIpc) is 3.27. The molecule has 0 aliphatic carbocycles. The van der Waals surface area contributed by atoms with E-state index in [1.165, 1.54) is 0 Å². The molecule has 7 heteroatoms. The largest absolute Gasteiger partial charge is 0.352 e. The van der Waals surface area contributed by atoms with Gasteiger partial charge in [0.1, 0.15) is 12.4 Å². The number of nitrogens with zero attached hydrogens (tertiary/aromatic N) is 3. The van der Waals surface area contributed by atoms with Crippen LogP contribution >= 0.6 is 11.8 Å². The lowest BCUT2D eigenvalue weighted by atomic mass is 9.97. The van der Waals surface area contributed by atoms with E-state index in [-0.39, 0.29) is 35.4 Å². The number of anilines is 1. The second-order valence-electron chi connectivity index (χ2n) is 10.1. The predicted molar refractivity (Wildman–Crippen MR) is 159 cm³/mol. The first kappa shape index (κ1) is 26.8. The predicted octanol–water partition coefficient (Wildman–Crippen LogP) is 6.24. The number of benzene rings is 3. The number of nitrogens with one attached hydrogen (secondary N) is 1. The number of hydrogen-bond acceptors (Lipinski definition) is 4. The summed E-state index contributed by atoms with van der Waals surface area (Å²) in [5, 5.41) is 8.06. The second-order valence-corrected chi connectivity index (χ2v) is 11.2. The van der Waals surface area contributed by atoms with Gasteiger partial charge in [-0.05, 0) is 50.5 Å². The van der Waals surface area contributed by atoms with Gasteiger partial charge in [-0.25, -0.2) is 4.68 Å². The van der Waals surface area contributed by atoms with Crippen molar-refractivity contribution >= 4 is 29.4 Å². The fraction of sp³-hybridized carbons (Fsp3) is 0.281. The maximum Gasteiger partial charge on any atom is 0.240 e. The standard InChI is InChI=1S/C32H34N4O2S/c1-5-23(4)33-27(37)19-35-28(38)20-39-31(26-14-10-9-11-22(26)3)29-30(24-12-7-6-8-13-24)34-36(32(29)35)25-17-15-21(2)16-18-25/h6-18,23,31H,5,19-20H2,1-4H3,(H,33,37)/t23-,31-/m1/s1. The lowest BCUT2D eigenvalue weighted by Gasteiger charge is -2.24. The van der Waals surface area contributed by atoms with Crippen LogP contribution in [0.1, 0.15) is 47.8 Å². The summed E-state index contributed by atoms with van der Waals surface area (Å²) in [6, 6.07) is 26.5. The van der Waals surface area contributed by atoms with Gasteiger partial charge >= 0.3 is 0 Å². The first-order chi connectivity index (χ1) is 18.9. The number of hydrogen-bond donors (Lipinski definition) is 1. The van der Waals surface area contributed by atoms with Crippen LogP contribution in [0.3, 0.4) is 0 Å². The number of carbonyl (C=O) groups is 2. The van der Waals surface area contributed by atoms with Gasteiger partial charge in [0.15, 0.2) is 0 Å². The lowest BCUT2D eigenvalue weighted by molar-refractivity contribution is -0.123. The molecule has 200 valence electrons. The molecule has 0 fully saturated rings. The highest BCUT2D eigenvalue weighted by Crippen LogP contribution is 2.49. The van der Waals surface area contributed by atoms with Crippen LogP contribution in [0, 0.1) is 13.8 Å². The van der Waals surface area contributed by atoms with E-state index in [0.29, 0.717) is 5.82 Å². The first-order valence-electron chi connectivity index (χ1n) is 13.4. The van der Waals surface area contributed by atoms with E-state index in [4.69, 9.17) is 5.10 Å². The molecule has 0 unspecified atom stereocenters. The number of thioether (sulfide) groups is 1. The van der Waals surface area contributed by atoms with Crippen LogP contribution in [0.15, 0.2) is 78.9 Å². The maximum absolute atomic E-state index is 13.8. The Morgan fingerprint density at radius 1 is 1.03 bits per heavy atom. The Labute approximate surface area is 234 Å². The monoisotopic (exact) mass is 538 g/mol. The van der Waals surface area contributed by atoms with E-state index >= 15 is 0 Å². The smallest absolute Gasteiger partial charge is 0.240 e. The fourth-order valence-electron chi connectivity index (χ4n) is 4.89. The Balaban J connectivity index is 1.78. The molecule has 1 aliphatic rings. The summed E-state index contributed by atoms with van der Waals surface area (Å²) < 4.78 is 1.85. The molecule has 1 aromatic heterocycles. The number of amides is 2. The third-order valence-corrected chi connectivity index (χ3v) is 8.44. The highest BCUT2D eigenvalue weighted by Gasteiger charge is 2.38. The normalized spacial score (nSPS) is 15.9. The Kier molecular flexibility index (Phi) is 7.89. The molecule has 4 aromatic rings. The fourth-order valence-corrected chi connectivity index (χ4v) is 6.18. The minimum atomic E-state index is -0.180. The molecule has 1 aliphatic heterocycles. The highest BCUT2D eigenvalue weighted by atomic mass is 32.2. The molecule has 2 atom stereocenters. The molecule has 39 heavy (non-hydrogen) atoms. The molecule has 3 aromatic carbocycles. The number of rotatable bonds is 7. The summed E-state index contributed by atoms with van der Waals surface area (Å²) in [7, 11) is 0. The van der Waals surface area contributed by atoms with Gasteiger partial charge < -0.3 is 5.32 Å². The highest BCUT2D eigenvalue weighted by molar-refractivity contribution is 8.00. The summed E-state index contributed by atoms with van der Waals surface area (Å²) in [4.78, 5) is 28.6. The van der Waals surface area contributed by atoms with Crippen molar-refractivity contribution in [2.24, 2.45) is 0 Å². The van der Waals surface area contributed by atoms with Gasteiger partial charge in [-0.3, -0.25) is 14.5 Å². The summed E-state index contributed by atoms with van der Waals surface area (Å²) in [5.41, 5.74) is 7.00. The number of aryl methyl sites for hydroxylation is 2. The quantitative estimate of drug-likeness (QED) is 0.302. The maximum atomic E-state index is 13.8. The van der Waals surface area contributed by atoms with Gasteiger partial charge in [-0.1, -0.05) is 79.2 Å². The van der Waals surface area contributed by atoms with E-state index in [2.05, 4.69) is 24.4 Å². The molecule has 2 heterocycles. The van der Waals surface area contributed by atoms with E-state index in [1.807, 2.05) is 92.2 Å². The summed E-state index contributed by atoms with van der Waals surface area (Å²) in [5.74, 6) is 0.623. The molecule has 0 saturated heterocycles. The first-order valence-corrected chi connectivity index (χ1v) is 14.4. The molecule has 0 saturated carbocycles. The van der Waals surface area contributed by atoms with E-state index < -0.39 is 0 Å². The van der Waals surface area contributed by atoms with Crippen LogP contribution in [-0.2, 0) is 9.59 Å². The van der Waals surface area contributed by atoms with Crippen LogP contribution in [0.2, 0.25) is 0 Å². The molecule has 5 rings (SSSR count). The molecule has 1 N–H and O–H groups in total. The van der Waals surface area contributed by atoms with Crippen molar-refractivity contribution in [1.29, 1.82) is 0 Å². The van der Waals surface area contributed by atoms with Crippen molar-refractivity contribution in [2.75, 3.05) is 17.2 Å². The van der Waals surface area contributed by atoms with Crippen molar-refractivity contribution in [3.05, 3.63) is 101 Å². The van der Waals surface area contributed by atoms with Crippen LogP contribution in [0.4, 0.5) is 5.82 Å². The van der Waals surface area contributed by atoms with Crippen molar-refractivity contribution < 1.29 is 9.59 Å². The number of fused-ring (bicyclic) bond motifs is 1. The molecule has 0 spiro atoms. The Morgan fingerprint density at radius 3 is 2.41 bits per heavy atom. The van der Waals surface area contributed by atoms with Gasteiger partial charge in [0.2, 0.25) is 11.8 Å².